The van der Waals surface area contributed by atoms with Crippen molar-refractivity contribution in [2.24, 2.45) is 0 Å². The van der Waals surface area contributed by atoms with Crippen molar-refractivity contribution in [3.63, 3.8) is 0 Å². The molecule has 2 aromatic rings. The number of rotatable bonds is 5. The lowest BCUT2D eigenvalue weighted by Crippen LogP contribution is -2.48. The van der Waals surface area contributed by atoms with Crippen molar-refractivity contribution >= 4 is 11.6 Å². The number of hydrogen-bond donors (Lipinski definition) is 1. The average molecular weight is 359 g/mol. The Morgan fingerprint density at radius 2 is 1.65 bits per heavy atom. The second kappa shape index (κ2) is 8.38. The third kappa shape index (κ3) is 5.09. The first kappa shape index (κ1) is 18.5. The van der Waals surface area contributed by atoms with Gasteiger partial charge in [0.25, 0.3) is 0 Å². The lowest BCUT2D eigenvalue weighted by atomic mass is 10.1. The molecule has 0 aliphatic carbocycles. The number of amides is 1. The SMILES string of the molecule is Cc1ccc(CN2CCN(CC(=O)Nc3ccc(F)cc3F)CC2)cc1. The van der Waals surface area contributed by atoms with Crippen molar-refractivity contribution in [1.29, 1.82) is 0 Å². The van der Waals surface area contributed by atoms with E-state index in [1.807, 2.05) is 4.90 Å². The predicted molar refractivity (Wildman–Crippen MR) is 97.9 cm³/mol. The Hall–Kier alpha value is -2.31. The Bertz CT molecular complexity index is 756. The molecule has 1 heterocycles. The lowest BCUT2D eigenvalue weighted by molar-refractivity contribution is -0.117. The molecule has 1 amide bonds. The molecule has 2 aromatic carbocycles. The van der Waals surface area contributed by atoms with Crippen LogP contribution in [0.4, 0.5) is 14.5 Å². The highest BCUT2D eigenvalue weighted by Crippen LogP contribution is 2.15. The lowest BCUT2D eigenvalue weighted by Gasteiger charge is -2.34. The van der Waals surface area contributed by atoms with Gasteiger partial charge in [0.1, 0.15) is 11.6 Å². The van der Waals surface area contributed by atoms with Crippen LogP contribution >= 0.6 is 0 Å². The summed E-state index contributed by atoms with van der Waals surface area (Å²) in [6.07, 6.45) is 0. The van der Waals surface area contributed by atoms with E-state index < -0.39 is 11.6 Å². The van der Waals surface area contributed by atoms with Crippen LogP contribution in [0.2, 0.25) is 0 Å². The summed E-state index contributed by atoms with van der Waals surface area (Å²) in [5, 5.41) is 2.51. The van der Waals surface area contributed by atoms with Gasteiger partial charge in [0.15, 0.2) is 0 Å². The Morgan fingerprint density at radius 1 is 1.00 bits per heavy atom. The number of benzene rings is 2. The third-order valence-electron chi connectivity index (χ3n) is 4.56. The third-order valence-corrected chi connectivity index (χ3v) is 4.56. The molecule has 0 unspecified atom stereocenters. The highest BCUT2D eigenvalue weighted by molar-refractivity contribution is 5.92. The number of nitrogens with one attached hydrogen (secondary N) is 1. The Labute approximate surface area is 152 Å². The van der Waals surface area contributed by atoms with E-state index in [9.17, 15) is 13.6 Å². The minimum Gasteiger partial charge on any atom is -0.322 e. The van der Waals surface area contributed by atoms with Crippen LogP contribution < -0.4 is 5.32 Å². The molecule has 1 aliphatic rings. The van der Waals surface area contributed by atoms with Crippen molar-refractivity contribution in [3.05, 3.63) is 65.2 Å². The number of carbonyl (C=O) groups excluding carboxylic acids is 1. The van der Waals surface area contributed by atoms with Crippen molar-refractivity contribution in [2.45, 2.75) is 13.5 Å². The molecule has 1 fully saturated rings. The second-order valence-corrected chi connectivity index (χ2v) is 6.71. The second-order valence-electron chi connectivity index (χ2n) is 6.71. The summed E-state index contributed by atoms with van der Waals surface area (Å²) in [5.74, 6) is -1.71. The van der Waals surface area contributed by atoms with Crippen LogP contribution in [0.1, 0.15) is 11.1 Å². The van der Waals surface area contributed by atoms with Crippen LogP contribution in [0, 0.1) is 18.6 Å². The number of nitrogens with zero attached hydrogens (tertiary/aromatic N) is 2. The van der Waals surface area contributed by atoms with Crippen molar-refractivity contribution < 1.29 is 13.6 Å². The van der Waals surface area contributed by atoms with E-state index in [1.54, 1.807) is 0 Å². The van der Waals surface area contributed by atoms with Crippen molar-refractivity contribution in [2.75, 3.05) is 38.0 Å². The van der Waals surface area contributed by atoms with E-state index in [4.69, 9.17) is 0 Å². The summed E-state index contributed by atoms with van der Waals surface area (Å²) in [5.41, 5.74) is 2.55. The fourth-order valence-corrected chi connectivity index (χ4v) is 3.04. The zero-order valence-electron chi connectivity index (χ0n) is 14.8. The summed E-state index contributed by atoms with van der Waals surface area (Å²) in [6.45, 7) is 6.51. The minimum atomic E-state index is -0.763. The largest absolute Gasteiger partial charge is 0.322 e. The molecule has 1 aliphatic heterocycles. The number of anilines is 1. The van der Waals surface area contributed by atoms with Crippen LogP contribution in [0.3, 0.4) is 0 Å². The van der Waals surface area contributed by atoms with Crippen molar-refractivity contribution in [1.82, 2.24) is 9.80 Å². The molecule has 26 heavy (non-hydrogen) atoms. The number of halogens is 2. The maximum absolute atomic E-state index is 13.6. The summed E-state index contributed by atoms with van der Waals surface area (Å²) in [4.78, 5) is 16.5. The molecule has 0 spiro atoms. The van der Waals surface area contributed by atoms with Crippen LogP contribution in [0.5, 0.6) is 0 Å². The molecule has 3 rings (SSSR count). The summed E-state index contributed by atoms with van der Waals surface area (Å²) >= 11 is 0. The van der Waals surface area contributed by atoms with Crippen LogP contribution in [0.15, 0.2) is 42.5 Å². The first-order valence-electron chi connectivity index (χ1n) is 8.75. The fraction of sp³-hybridized carbons (Fsp3) is 0.350. The van der Waals surface area contributed by atoms with Gasteiger partial charge in [0, 0.05) is 38.8 Å². The quantitative estimate of drug-likeness (QED) is 0.891. The van der Waals surface area contributed by atoms with E-state index >= 15 is 0 Å². The van der Waals surface area contributed by atoms with Crippen LogP contribution in [-0.4, -0.2) is 48.4 Å². The van der Waals surface area contributed by atoms with Crippen LogP contribution in [-0.2, 0) is 11.3 Å². The molecule has 6 heteroatoms. The Kier molecular flexibility index (Phi) is 5.96. The van der Waals surface area contributed by atoms with Gasteiger partial charge in [-0.2, -0.15) is 0 Å². The molecule has 0 aromatic heterocycles. The summed E-state index contributed by atoms with van der Waals surface area (Å²) in [6, 6.07) is 11.7. The van der Waals surface area contributed by atoms with Gasteiger partial charge in [-0.3, -0.25) is 14.6 Å². The molecule has 0 bridgehead atoms. The molecular weight excluding hydrogens is 336 g/mol. The topological polar surface area (TPSA) is 35.6 Å². The van der Waals surface area contributed by atoms with E-state index in [0.29, 0.717) is 0 Å². The highest BCUT2D eigenvalue weighted by atomic mass is 19.1. The molecule has 4 nitrogen and oxygen atoms in total. The number of carbonyl (C=O) groups is 1. The highest BCUT2D eigenvalue weighted by Gasteiger charge is 2.19. The van der Waals surface area contributed by atoms with Gasteiger partial charge in [-0.25, -0.2) is 8.78 Å². The van der Waals surface area contributed by atoms with Gasteiger partial charge in [-0.1, -0.05) is 29.8 Å². The van der Waals surface area contributed by atoms with Gasteiger partial charge in [0.2, 0.25) is 5.91 Å². The normalized spacial score (nSPS) is 15.8. The van der Waals surface area contributed by atoms with Gasteiger partial charge >= 0.3 is 0 Å². The summed E-state index contributed by atoms with van der Waals surface area (Å²) in [7, 11) is 0. The van der Waals surface area contributed by atoms with Gasteiger partial charge in [-0.15, -0.1) is 0 Å². The summed E-state index contributed by atoms with van der Waals surface area (Å²) < 4.78 is 26.5. The molecule has 1 saturated heterocycles. The fourth-order valence-electron chi connectivity index (χ4n) is 3.04. The standard InChI is InChI=1S/C20H23F2N3O/c1-15-2-4-16(5-3-15)13-24-8-10-25(11-9-24)14-20(26)23-19-7-6-17(21)12-18(19)22/h2-7,12H,8-11,13-14H2,1H3,(H,23,26). The molecular formula is C20H23F2N3O. The number of piperazine rings is 1. The van der Waals surface area contributed by atoms with Gasteiger partial charge in [0.05, 0.1) is 12.2 Å². The first-order valence-corrected chi connectivity index (χ1v) is 8.75. The maximum atomic E-state index is 13.6. The van der Waals surface area contributed by atoms with Crippen LogP contribution in [0.25, 0.3) is 0 Å². The van der Waals surface area contributed by atoms with E-state index in [1.165, 1.54) is 17.2 Å². The molecule has 138 valence electrons. The predicted octanol–water partition coefficient (Wildman–Crippen LogP) is 3.03. The van der Waals surface area contributed by atoms with E-state index in [2.05, 4.69) is 41.4 Å². The number of hydrogen-bond acceptors (Lipinski definition) is 3. The smallest absolute Gasteiger partial charge is 0.238 e. The Balaban J connectivity index is 1.44. The van der Waals surface area contributed by atoms with E-state index in [0.717, 1.165) is 44.9 Å². The molecule has 0 atom stereocenters. The van der Waals surface area contributed by atoms with Gasteiger partial charge < -0.3 is 5.32 Å². The number of aryl methyl sites for hydroxylation is 1. The van der Waals surface area contributed by atoms with Gasteiger partial charge in [-0.05, 0) is 24.6 Å². The zero-order chi connectivity index (χ0) is 18.5. The molecule has 0 radical (unpaired) electrons. The van der Waals surface area contributed by atoms with E-state index in [-0.39, 0.29) is 18.1 Å². The zero-order valence-corrected chi connectivity index (χ0v) is 14.8. The maximum Gasteiger partial charge on any atom is 0.238 e. The monoisotopic (exact) mass is 359 g/mol. The first-order chi connectivity index (χ1) is 12.5. The average Bonchev–Trinajstić information content (AvgIpc) is 2.61. The molecule has 0 saturated carbocycles. The Morgan fingerprint density at radius 3 is 2.31 bits per heavy atom. The van der Waals surface area contributed by atoms with Crippen molar-refractivity contribution in [3.8, 4) is 0 Å². The molecule has 1 N–H and O–H groups in total. The minimum absolute atomic E-state index is 0.00871.